The molecule has 0 bridgehead atoms. The van der Waals surface area contributed by atoms with Crippen LogP contribution in [0.25, 0.3) is 0 Å². The van der Waals surface area contributed by atoms with E-state index in [4.69, 9.17) is 11.6 Å². The Labute approximate surface area is 109 Å². The van der Waals surface area contributed by atoms with Crippen LogP contribution in [0.3, 0.4) is 0 Å². The van der Waals surface area contributed by atoms with Crippen LogP contribution in [0.1, 0.15) is 24.2 Å². The number of carbonyl (C=O) groups excluding carboxylic acids is 1. The van der Waals surface area contributed by atoms with Crippen molar-refractivity contribution in [2.45, 2.75) is 13.8 Å². The van der Waals surface area contributed by atoms with Gasteiger partial charge in [0, 0.05) is 6.54 Å². The number of nitrogens with one attached hydrogen (secondary N) is 1. The second kappa shape index (κ2) is 6.11. The van der Waals surface area contributed by atoms with Crippen LogP contribution in [0.15, 0.2) is 23.9 Å². The van der Waals surface area contributed by atoms with Crippen molar-refractivity contribution in [2.75, 3.05) is 6.54 Å². The summed E-state index contributed by atoms with van der Waals surface area (Å²) in [7, 11) is 0. The van der Waals surface area contributed by atoms with E-state index in [0.29, 0.717) is 6.54 Å². The van der Waals surface area contributed by atoms with E-state index in [0.717, 1.165) is 11.8 Å². The normalized spacial score (nSPS) is 9.72. The molecule has 18 heavy (non-hydrogen) atoms. The first-order chi connectivity index (χ1) is 8.41. The second-order valence-corrected chi connectivity index (χ2v) is 4.16. The molecule has 0 atom stereocenters. The molecule has 96 valence electrons. The molecule has 0 spiro atoms. The number of halogens is 1. The topological polar surface area (TPSA) is 85.1 Å². The summed E-state index contributed by atoms with van der Waals surface area (Å²) < 4.78 is 0. The van der Waals surface area contributed by atoms with Gasteiger partial charge in [-0.05, 0) is 19.9 Å². The number of hydrogen-bond donors (Lipinski definition) is 1. The lowest BCUT2D eigenvalue weighted by molar-refractivity contribution is -0.385. The Balaban J connectivity index is 2.93. The Kier molecular flexibility index (Phi) is 4.79. The van der Waals surface area contributed by atoms with Crippen molar-refractivity contribution < 1.29 is 9.72 Å². The maximum atomic E-state index is 11.8. The summed E-state index contributed by atoms with van der Waals surface area (Å²) in [6.45, 7) is 4.08. The predicted octanol–water partition coefficient (Wildman–Crippen LogP) is 2.34. The van der Waals surface area contributed by atoms with Gasteiger partial charge in [0.25, 0.3) is 11.6 Å². The van der Waals surface area contributed by atoms with E-state index in [1.54, 1.807) is 6.08 Å². The Morgan fingerprint density at radius 1 is 1.61 bits per heavy atom. The first-order valence-electron chi connectivity index (χ1n) is 5.13. The molecule has 7 heteroatoms. The SMILES string of the molecule is CC(C)=CCNC(=O)c1cc(Cl)ncc1[N+](=O)[O-]. The average Bonchev–Trinajstić information content (AvgIpc) is 2.27. The van der Waals surface area contributed by atoms with Crippen molar-refractivity contribution in [1.82, 2.24) is 10.3 Å². The van der Waals surface area contributed by atoms with Gasteiger partial charge < -0.3 is 5.32 Å². The molecular weight excluding hydrogens is 258 g/mol. The number of nitro groups is 1. The molecule has 0 aliphatic heterocycles. The maximum Gasteiger partial charge on any atom is 0.300 e. The van der Waals surface area contributed by atoms with E-state index < -0.39 is 10.8 Å². The van der Waals surface area contributed by atoms with Crippen LogP contribution in [0.2, 0.25) is 5.15 Å². The number of rotatable bonds is 4. The number of hydrogen-bond acceptors (Lipinski definition) is 4. The van der Waals surface area contributed by atoms with Crippen molar-refractivity contribution >= 4 is 23.2 Å². The lowest BCUT2D eigenvalue weighted by Gasteiger charge is -2.04. The van der Waals surface area contributed by atoms with Gasteiger partial charge in [0.15, 0.2) is 0 Å². The van der Waals surface area contributed by atoms with Gasteiger partial charge in [0.05, 0.1) is 4.92 Å². The largest absolute Gasteiger partial charge is 0.348 e. The quantitative estimate of drug-likeness (QED) is 0.393. The van der Waals surface area contributed by atoms with Gasteiger partial charge in [-0.15, -0.1) is 0 Å². The first-order valence-corrected chi connectivity index (χ1v) is 5.51. The van der Waals surface area contributed by atoms with Gasteiger partial charge in [-0.1, -0.05) is 23.3 Å². The van der Waals surface area contributed by atoms with Gasteiger partial charge in [-0.2, -0.15) is 0 Å². The monoisotopic (exact) mass is 269 g/mol. The summed E-state index contributed by atoms with van der Waals surface area (Å²) in [4.78, 5) is 25.4. The van der Waals surface area contributed by atoms with E-state index in [1.165, 1.54) is 6.07 Å². The lowest BCUT2D eigenvalue weighted by atomic mass is 10.2. The molecule has 0 fully saturated rings. The van der Waals surface area contributed by atoms with E-state index in [1.807, 2.05) is 13.8 Å². The number of pyridine rings is 1. The fraction of sp³-hybridized carbons (Fsp3) is 0.273. The molecule has 1 aromatic rings. The molecule has 0 saturated heterocycles. The van der Waals surface area contributed by atoms with Crippen molar-refractivity contribution in [2.24, 2.45) is 0 Å². The van der Waals surface area contributed by atoms with Crippen molar-refractivity contribution in [1.29, 1.82) is 0 Å². The highest BCUT2D eigenvalue weighted by molar-refractivity contribution is 6.29. The molecular formula is C11H12ClN3O3. The zero-order chi connectivity index (χ0) is 13.7. The first kappa shape index (κ1) is 14.1. The maximum absolute atomic E-state index is 11.8. The molecule has 1 amide bonds. The molecule has 0 aliphatic rings. The zero-order valence-electron chi connectivity index (χ0n) is 9.94. The minimum atomic E-state index is -0.668. The highest BCUT2D eigenvalue weighted by atomic mass is 35.5. The Hall–Kier alpha value is -1.95. The van der Waals surface area contributed by atoms with Crippen LogP contribution in [0.5, 0.6) is 0 Å². The summed E-state index contributed by atoms with van der Waals surface area (Å²) >= 11 is 5.62. The second-order valence-electron chi connectivity index (χ2n) is 3.77. The van der Waals surface area contributed by atoms with Gasteiger partial charge in [-0.3, -0.25) is 14.9 Å². The minimum absolute atomic E-state index is 0.0352. The highest BCUT2D eigenvalue weighted by Crippen LogP contribution is 2.19. The number of carbonyl (C=O) groups is 1. The third-order valence-electron chi connectivity index (χ3n) is 2.06. The van der Waals surface area contributed by atoms with E-state index in [-0.39, 0.29) is 16.4 Å². The summed E-state index contributed by atoms with van der Waals surface area (Å²) in [6, 6.07) is 1.18. The van der Waals surface area contributed by atoms with Crippen LogP contribution in [0.4, 0.5) is 5.69 Å². The van der Waals surface area contributed by atoms with E-state index in [2.05, 4.69) is 10.3 Å². The third kappa shape index (κ3) is 3.81. The van der Waals surface area contributed by atoms with E-state index >= 15 is 0 Å². The van der Waals surface area contributed by atoms with Crippen LogP contribution in [-0.4, -0.2) is 22.4 Å². The molecule has 1 aromatic heterocycles. The van der Waals surface area contributed by atoms with Crippen LogP contribution < -0.4 is 5.32 Å². The molecule has 1 heterocycles. The predicted molar refractivity (Wildman–Crippen MR) is 67.7 cm³/mol. The average molecular weight is 270 g/mol. The van der Waals surface area contributed by atoms with Gasteiger partial charge >= 0.3 is 0 Å². The van der Waals surface area contributed by atoms with Gasteiger partial charge in [0.2, 0.25) is 0 Å². The number of allylic oxidation sites excluding steroid dienone is 1. The van der Waals surface area contributed by atoms with Gasteiger partial charge in [-0.25, -0.2) is 4.98 Å². The molecule has 0 aliphatic carbocycles. The highest BCUT2D eigenvalue weighted by Gasteiger charge is 2.20. The molecule has 0 radical (unpaired) electrons. The summed E-state index contributed by atoms with van der Waals surface area (Å²) in [5.74, 6) is -0.552. The van der Waals surface area contributed by atoms with Crippen molar-refractivity contribution in [3.05, 3.63) is 44.7 Å². The summed E-state index contributed by atoms with van der Waals surface area (Å²) in [6.07, 6.45) is 2.77. The molecule has 6 nitrogen and oxygen atoms in total. The smallest absolute Gasteiger partial charge is 0.300 e. The Morgan fingerprint density at radius 3 is 2.83 bits per heavy atom. The number of aromatic nitrogens is 1. The molecule has 1 N–H and O–H groups in total. The van der Waals surface area contributed by atoms with Crippen LogP contribution in [-0.2, 0) is 0 Å². The van der Waals surface area contributed by atoms with Crippen LogP contribution >= 0.6 is 11.6 Å². The van der Waals surface area contributed by atoms with Crippen LogP contribution in [0, 0.1) is 10.1 Å². The number of amides is 1. The fourth-order valence-electron chi connectivity index (χ4n) is 1.19. The van der Waals surface area contributed by atoms with Crippen molar-refractivity contribution in [3.8, 4) is 0 Å². The summed E-state index contributed by atoms with van der Waals surface area (Å²) in [5, 5.41) is 13.3. The number of nitrogens with zero attached hydrogens (tertiary/aromatic N) is 2. The molecule has 0 saturated carbocycles. The van der Waals surface area contributed by atoms with E-state index in [9.17, 15) is 14.9 Å². The fourth-order valence-corrected chi connectivity index (χ4v) is 1.35. The van der Waals surface area contributed by atoms with Crippen molar-refractivity contribution in [3.63, 3.8) is 0 Å². The molecule has 0 unspecified atom stereocenters. The third-order valence-corrected chi connectivity index (χ3v) is 2.27. The van der Waals surface area contributed by atoms with Gasteiger partial charge in [0.1, 0.15) is 16.9 Å². The molecule has 0 aromatic carbocycles. The molecule has 1 rings (SSSR count). The minimum Gasteiger partial charge on any atom is -0.348 e. The summed E-state index contributed by atoms with van der Waals surface area (Å²) in [5.41, 5.74) is 0.578. The Bertz CT molecular complexity index is 510. The zero-order valence-corrected chi connectivity index (χ0v) is 10.7. The Morgan fingerprint density at radius 2 is 2.28 bits per heavy atom. The standard InChI is InChI=1S/C11H12ClN3O3/c1-7(2)3-4-13-11(16)8-5-10(12)14-6-9(8)15(17)18/h3,5-6H,4H2,1-2H3,(H,13,16). The lowest BCUT2D eigenvalue weighted by Crippen LogP contribution is -2.24.